The van der Waals surface area contributed by atoms with Gasteiger partial charge in [0.05, 0.1) is 23.2 Å². The molecule has 0 radical (unpaired) electrons. The van der Waals surface area contributed by atoms with Crippen LogP contribution in [-0.4, -0.2) is 17.3 Å². The molecule has 4 aromatic rings. The highest BCUT2D eigenvalue weighted by Gasteiger charge is 2.09. The normalized spacial score (nSPS) is 11.8. The van der Waals surface area contributed by atoms with Crippen molar-refractivity contribution in [2.24, 2.45) is 11.5 Å². The second-order valence-electron chi connectivity index (χ2n) is 9.44. The molecular formula is C36H42N4OS. The summed E-state index contributed by atoms with van der Waals surface area (Å²) in [6.07, 6.45) is 14.6. The molecule has 0 aliphatic carbocycles. The molecule has 218 valence electrons. The largest absolute Gasteiger partial charge is 0.405 e. The third kappa shape index (κ3) is 11.5. The highest BCUT2D eigenvalue weighted by Crippen LogP contribution is 2.25. The zero-order valence-electron chi connectivity index (χ0n) is 24.6. The van der Waals surface area contributed by atoms with Gasteiger partial charge in [-0.25, -0.2) is 4.98 Å². The van der Waals surface area contributed by atoms with Gasteiger partial charge in [-0.1, -0.05) is 104 Å². The van der Waals surface area contributed by atoms with Gasteiger partial charge in [-0.2, -0.15) is 0 Å². The quantitative estimate of drug-likeness (QED) is 0.123. The van der Waals surface area contributed by atoms with E-state index in [2.05, 4.69) is 98.2 Å². The van der Waals surface area contributed by atoms with Crippen molar-refractivity contribution in [2.45, 2.75) is 32.7 Å². The summed E-state index contributed by atoms with van der Waals surface area (Å²) in [4.78, 5) is 15.4. The molecule has 1 heterocycles. The number of carbonyl (C=O) groups is 1. The Labute approximate surface area is 254 Å². The Bertz CT molecular complexity index is 1520. The maximum absolute atomic E-state index is 11.1. The summed E-state index contributed by atoms with van der Waals surface area (Å²) >= 11 is 1.55. The van der Waals surface area contributed by atoms with Crippen molar-refractivity contribution in [1.29, 1.82) is 0 Å². The molecule has 0 fully saturated rings. The van der Waals surface area contributed by atoms with Gasteiger partial charge in [0.2, 0.25) is 0 Å². The minimum Gasteiger partial charge on any atom is -0.405 e. The van der Waals surface area contributed by atoms with Crippen LogP contribution in [0.4, 0.5) is 0 Å². The summed E-state index contributed by atoms with van der Waals surface area (Å²) in [6, 6.07) is 22.9. The standard InChI is InChI=1S/C24H27N.C10H10N2OS.C2H5N/c1-5-12-19(2)13-7-6-8-14-20(3)25-21(4)23-18-11-16-22-15-9-10-17-24(22)23;11-6-7(13)5-10-12-8-3-1-2-4-9(8)14-10;1-2-3/h5-11,13-18,21,25H,1,3,12H2,2,4H3;1-4H,5-6,11H2;2H,1,3H2/b7-6-,14-8+,19-13+;;. The van der Waals surface area contributed by atoms with E-state index in [1.807, 2.05) is 54.6 Å². The zero-order chi connectivity index (χ0) is 30.7. The zero-order valence-corrected chi connectivity index (χ0v) is 25.4. The van der Waals surface area contributed by atoms with Crippen LogP contribution in [0.1, 0.15) is 36.9 Å². The maximum Gasteiger partial charge on any atom is 0.153 e. The topological polar surface area (TPSA) is 94.0 Å². The molecule has 0 bridgehead atoms. The molecule has 1 unspecified atom stereocenters. The van der Waals surface area contributed by atoms with Gasteiger partial charge < -0.3 is 16.8 Å². The number of ketones is 1. The molecule has 0 amide bonds. The molecule has 1 atom stereocenters. The van der Waals surface area contributed by atoms with Crippen LogP contribution in [0.3, 0.4) is 0 Å². The van der Waals surface area contributed by atoms with E-state index in [9.17, 15) is 4.79 Å². The van der Waals surface area contributed by atoms with E-state index in [4.69, 9.17) is 5.73 Å². The number of thiazole rings is 1. The summed E-state index contributed by atoms with van der Waals surface area (Å²) in [7, 11) is 0. The molecule has 0 aliphatic rings. The smallest absolute Gasteiger partial charge is 0.153 e. The van der Waals surface area contributed by atoms with E-state index in [-0.39, 0.29) is 18.4 Å². The lowest BCUT2D eigenvalue weighted by Gasteiger charge is -2.17. The minimum atomic E-state index is 0.0315. The van der Waals surface area contributed by atoms with E-state index in [1.54, 1.807) is 11.3 Å². The van der Waals surface area contributed by atoms with Crippen LogP contribution in [0.5, 0.6) is 0 Å². The summed E-state index contributed by atoms with van der Waals surface area (Å²) in [6.45, 7) is 15.3. The number of nitrogens with zero attached hydrogens (tertiary/aromatic N) is 1. The maximum atomic E-state index is 11.1. The number of para-hydroxylation sites is 1. The minimum absolute atomic E-state index is 0.0315. The average molecular weight is 579 g/mol. The number of allylic oxidation sites excluding steroid dienone is 7. The van der Waals surface area contributed by atoms with Crippen molar-refractivity contribution in [1.82, 2.24) is 10.3 Å². The Kier molecular flexibility index (Phi) is 15.0. The van der Waals surface area contributed by atoms with Crippen LogP contribution >= 0.6 is 11.3 Å². The van der Waals surface area contributed by atoms with Crippen LogP contribution < -0.4 is 16.8 Å². The van der Waals surface area contributed by atoms with Gasteiger partial charge in [-0.3, -0.25) is 4.79 Å². The molecule has 5 N–H and O–H groups in total. The molecule has 3 aromatic carbocycles. The predicted octanol–water partition coefficient (Wildman–Crippen LogP) is 8.09. The highest BCUT2D eigenvalue weighted by molar-refractivity contribution is 7.18. The Morgan fingerprint density at radius 1 is 1.02 bits per heavy atom. The fraction of sp³-hybridized carbons (Fsp3) is 0.167. The Morgan fingerprint density at radius 3 is 2.43 bits per heavy atom. The molecule has 0 spiro atoms. The summed E-state index contributed by atoms with van der Waals surface area (Å²) in [5.74, 6) is 0.0315. The molecule has 0 aliphatic heterocycles. The molecule has 5 nitrogen and oxygen atoms in total. The SMILES string of the molecule is C=CC/C(C)=C/C=C\C=C\C(=C)NC(C)c1cccc2ccccc12.C=CN.NCC(=O)Cc1nc2ccccc2s1. The van der Waals surface area contributed by atoms with Gasteiger partial charge >= 0.3 is 0 Å². The van der Waals surface area contributed by atoms with E-state index in [1.165, 1.54) is 28.1 Å². The number of fused-ring (bicyclic) bond motifs is 2. The number of benzene rings is 3. The Balaban J connectivity index is 0.000000303. The number of hydrogen-bond acceptors (Lipinski definition) is 6. The number of aromatic nitrogens is 1. The summed E-state index contributed by atoms with van der Waals surface area (Å²) in [5, 5.41) is 6.86. The van der Waals surface area contributed by atoms with Crippen molar-refractivity contribution < 1.29 is 4.79 Å². The van der Waals surface area contributed by atoms with E-state index < -0.39 is 0 Å². The number of carbonyl (C=O) groups excluding carboxylic acids is 1. The predicted molar refractivity (Wildman–Crippen MR) is 183 cm³/mol. The van der Waals surface area contributed by atoms with Crippen LogP contribution in [-0.2, 0) is 11.2 Å². The lowest BCUT2D eigenvalue weighted by Crippen LogP contribution is -2.16. The monoisotopic (exact) mass is 578 g/mol. The van der Waals surface area contributed by atoms with Crippen LogP contribution in [0.2, 0.25) is 0 Å². The number of rotatable bonds is 11. The van der Waals surface area contributed by atoms with Crippen molar-refractivity contribution in [3.8, 4) is 0 Å². The number of Topliss-reactive ketones (excluding diaryl/α,β-unsaturated/α-hetero) is 1. The van der Waals surface area contributed by atoms with Gasteiger partial charge in [0.15, 0.2) is 5.78 Å². The van der Waals surface area contributed by atoms with Gasteiger partial charge in [0, 0.05) is 11.7 Å². The van der Waals surface area contributed by atoms with Gasteiger partial charge in [0.1, 0.15) is 5.01 Å². The summed E-state index contributed by atoms with van der Waals surface area (Å²) < 4.78 is 1.12. The van der Waals surface area contributed by atoms with Crippen LogP contribution in [0, 0.1) is 0 Å². The first-order valence-electron chi connectivity index (χ1n) is 13.8. The molecule has 6 heteroatoms. The summed E-state index contributed by atoms with van der Waals surface area (Å²) in [5.41, 5.74) is 14.3. The van der Waals surface area contributed by atoms with Crippen molar-refractivity contribution in [3.63, 3.8) is 0 Å². The number of hydrogen-bond donors (Lipinski definition) is 3. The van der Waals surface area contributed by atoms with Gasteiger partial charge in [-0.15, -0.1) is 17.9 Å². The molecule has 1 aromatic heterocycles. The average Bonchev–Trinajstić information content (AvgIpc) is 3.39. The highest BCUT2D eigenvalue weighted by atomic mass is 32.1. The fourth-order valence-corrected chi connectivity index (χ4v) is 5.02. The van der Waals surface area contributed by atoms with E-state index in [0.29, 0.717) is 6.42 Å². The molecule has 0 saturated carbocycles. The lowest BCUT2D eigenvalue weighted by atomic mass is 9.99. The first-order valence-corrected chi connectivity index (χ1v) is 14.6. The molecule has 0 saturated heterocycles. The third-order valence-electron chi connectivity index (χ3n) is 5.97. The third-order valence-corrected chi connectivity index (χ3v) is 7.01. The molecule has 4 rings (SSSR count). The molecule has 42 heavy (non-hydrogen) atoms. The first kappa shape index (κ1) is 33.7. The van der Waals surface area contributed by atoms with Gasteiger partial charge in [-0.05, 0) is 61.0 Å². The van der Waals surface area contributed by atoms with E-state index >= 15 is 0 Å². The second-order valence-corrected chi connectivity index (χ2v) is 10.6. The van der Waals surface area contributed by atoms with Crippen molar-refractivity contribution >= 4 is 38.1 Å². The van der Waals surface area contributed by atoms with Crippen molar-refractivity contribution in [3.05, 3.63) is 151 Å². The Morgan fingerprint density at radius 2 is 1.71 bits per heavy atom. The van der Waals surface area contributed by atoms with Crippen LogP contribution in [0.15, 0.2) is 140 Å². The number of nitrogens with two attached hydrogens (primary N) is 2. The van der Waals surface area contributed by atoms with Gasteiger partial charge in [0.25, 0.3) is 0 Å². The second kappa shape index (κ2) is 18.8. The molecular weight excluding hydrogens is 536 g/mol. The fourth-order valence-electron chi connectivity index (χ4n) is 4.02. The van der Waals surface area contributed by atoms with Crippen molar-refractivity contribution in [2.75, 3.05) is 6.54 Å². The van der Waals surface area contributed by atoms with E-state index in [0.717, 1.165) is 27.3 Å². The van der Waals surface area contributed by atoms with Crippen LogP contribution in [0.25, 0.3) is 21.0 Å². The number of nitrogens with one attached hydrogen (secondary N) is 1. The first-order chi connectivity index (χ1) is 20.3. The Hall–Kier alpha value is -4.52. The lowest BCUT2D eigenvalue weighted by molar-refractivity contribution is -0.117.